The number of nitrogens with one attached hydrogen (secondary N) is 2. The smallest absolute Gasteiger partial charge is 0.265 e. The molecule has 8 heteroatoms. The number of amides is 1. The Morgan fingerprint density at radius 1 is 1.52 bits per heavy atom. The summed E-state index contributed by atoms with van der Waals surface area (Å²) in [7, 11) is 1.52. The predicted octanol–water partition coefficient (Wildman–Crippen LogP) is 0.920. The molecule has 0 radical (unpaired) electrons. The molecule has 0 spiro atoms. The summed E-state index contributed by atoms with van der Waals surface area (Å²) in [5.41, 5.74) is 5.76. The Morgan fingerprint density at radius 2 is 2.24 bits per heavy atom. The van der Waals surface area contributed by atoms with Crippen LogP contribution < -0.4 is 16.4 Å². The van der Waals surface area contributed by atoms with Gasteiger partial charge in [0, 0.05) is 20.2 Å². The Labute approximate surface area is 128 Å². The summed E-state index contributed by atoms with van der Waals surface area (Å²) in [4.78, 5) is 16.5. The van der Waals surface area contributed by atoms with Crippen LogP contribution in [0.1, 0.15) is 29.9 Å². The van der Waals surface area contributed by atoms with Crippen LogP contribution in [-0.2, 0) is 4.74 Å². The molecule has 1 aromatic rings. The van der Waals surface area contributed by atoms with Gasteiger partial charge in [0.1, 0.15) is 10.7 Å². The molecule has 1 heterocycles. The molecule has 1 rings (SSSR count). The first-order valence-electron chi connectivity index (χ1n) is 6.89. The summed E-state index contributed by atoms with van der Waals surface area (Å²) in [6, 6.07) is 0. The van der Waals surface area contributed by atoms with E-state index in [-0.39, 0.29) is 18.3 Å². The van der Waals surface area contributed by atoms with Crippen LogP contribution in [0.5, 0.6) is 0 Å². The Morgan fingerprint density at radius 3 is 2.86 bits per heavy atom. The molecule has 1 amide bonds. The van der Waals surface area contributed by atoms with Gasteiger partial charge in [-0.1, -0.05) is 25.2 Å². The summed E-state index contributed by atoms with van der Waals surface area (Å²) < 4.78 is 4.82. The average molecular weight is 316 g/mol. The Hall–Kier alpha value is -1.38. The SMILES string of the molecule is COCC(O)CCNC(=O)c1sc(NCC(C)C)nc1N. The van der Waals surface area contributed by atoms with E-state index >= 15 is 0 Å². The number of aliphatic hydroxyl groups excluding tert-OH is 1. The number of nitrogen functional groups attached to an aromatic ring is 1. The highest BCUT2D eigenvalue weighted by atomic mass is 32.1. The molecule has 120 valence electrons. The third kappa shape index (κ3) is 6.28. The maximum atomic E-state index is 12.0. The van der Waals surface area contributed by atoms with Gasteiger partial charge in [-0.2, -0.15) is 0 Å². The van der Waals surface area contributed by atoms with Crippen LogP contribution in [0.2, 0.25) is 0 Å². The van der Waals surface area contributed by atoms with E-state index in [0.717, 1.165) is 6.54 Å². The fourth-order valence-electron chi connectivity index (χ4n) is 1.57. The fourth-order valence-corrected chi connectivity index (χ4v) is 2.38. The molecule has 21 heavy (non-hydrogen) atoms. The van der Waals surface area contributed by atoms with Crippen LogP contribution in [0.25, 0.3) is 0 Å². The van der Waals surface area contributed by atoms with Crippen LogP contribution in [-0.4, -0.2) is 48.9 Å². The van der Waals surface area contributed by atoms with Gasteiger partial charge in [-0.25, -0.2) is 4.98 Å². The van der Waals surface area contributed by atoms with Crippen LogP contribution in [0.15, 0.2) is 0 Å². The van der Waals surface area contributed by atoms with E-state index < -0.39 is 6.10 Å². The number of rotatable bonds is 9. The number of aliphatic hydroxyl groups is 1. The lowest BCUT2D eigenvalue weighted by molar-refractivity contribution is 0.0588. The maximum absolute atomic E-state index is 12.0. The molecule has 0 fully saturated rings. The molecular formula is C13H24N4O3S. The van der Waals surface area contributed by atoms with Crippen molar-refractivity contribution in [2.24, 2.45) is 5.92 Å². The highest BCUT2D eigenvalue weighted by molar-refractivity contribution is 7.18. The van der Waals surface area contributed by atoms with Gasteiger partial charge in [0.25, 0.3) is 5.91 Å². The first-order valence-corrected chi connectivity index (χ1v) is 7.71. The first kappa shape index (κ1) is 17.7. The molecule has 1 aromatic heterocycles. The van der Waals surface area contributed by atoms with E-state index in [1.165, 1.54) is 18.4 Å². The first-order chi connectivity index (χ1) is 9.93. The molecule has 0 aliphatic carbocycles. The standard InChI is InChI=1S/C13H24N4O3S/c1-8(2)6-16-13-17-11(14)10(21-13)12(19)15-5-4-9(18)7-20-3/h8-9,18H,4-7,14H2,1-3H3,(H,15,19)(H,16,17). The molecular weight excluding hydrogens is 292 g/mol. The largest absolute Gasteiger partial charge is 0.391 e. The molecule has 0 aliphatic rings. The van der Waals surface area contributed by atoms with Gasteiger partial charge < -0.3 is 26.2 Å². The minimum absolute atomic E-state index is 0.223. The van der Waals surface area contributed by atoms with E-state index in [0.29, 0.717) is 28.9 Å². The molecule has 0 aliphatic heterocycles. The zero-order valence-corrected chi connectivity index (χ0v) is 13.5. The zero-order chi connectivity index (χ0) is 15.8. The summed E-state index contributed by atoms with van der Waals surface area (Å²) in [5, 5.41) is 16.0. The van der Waals surface area contributed by atoms with Crippen LogP contribution in [0.3, 0.4) is 0 Å². The van der Waals surface area contributed by atoms with Gasteiger partial charge in [-0.15, -0.1) is 0 Å². The molecule has 0 saturated carbocycles. The highest BCUT2D eigenvalue weighted by Crippen LogP contribution is 2.24. The van der Waals surface area contributed by atoms with Crippen LogP contribution in [0.4, 0.5) is 10.9 Å². The van der Waals surface area contributed by atoms with Crippen LogP contribution in [0, 0.1) is 5.92 Å². The van der Waals surface area contributed by atoms with Crippen molar-refractivity contribution in [1.29, 1.82) is 0 Å². The number of hydrogen-bond donors (Lipinski definition) is 4. The molecule has 0 bridgehead atoms. The monoisotopic (exact) mass is 316 g/mol. The van der Waals surface area contributed by atoms with Crippen molar-refractivity contribution in [2.75, 3.05) is 37.9 Å². The van der Waals surface area contributed by atoms with Gasteiger partial charge in [-0.05, 0) is 12.3 Å². The van der Waals surface area contributed by atoms with Crippen molar-refractivity contribution in [3.05, 3.63) is 4.88 Å². The minimum atomic E-state index is -0.586. The van der Waals surface area contributed by atoms with Crippen LogP contribution >= 0.6 is 11.3 Å². The van der Waals surface area contributed by atoms with Crippen molar-refractivity contribution in [3.8, 4) is 0 Å². The highest BCUT2D eigenvalue weighted by Gasteiger charge is 2.16. The van der Waals surface area contributed by atoms with E-state index in [9.17, 15) is 9.90 Å². The van der Waals surface area contributed by atoms with E-state index in [2.05, 4.69) is 29.5 Å². The lowest BCUT2D eigenvalue weighted by atomic mass is 10.2. The van der Waals surface area contributed by atoms with Gasteiger partial charge in [-0.3, -0.25) is 4.79 Å². The van der Waals surface area contributed by atoms with Gasteiger partial charge in [0.05, 0.1) is 12.7 Å². The van der Waals surface area contributed by atoms with Crippen molar-refractivity contribution in [1.82, 2.24) is 10.3 Å². The van der Waals surface area contributed by atoms with Crippen molar-refractivity contribution < 1.29 is 14.6 Å². The number of nitrogens with two attached hydrogens (primary N) is 1. The third-order valence-electron chi connectivity index (χ3n) is 2.64. The number of methoxy groups -OCH3 is 1. The number of nitrogens with zero attached hydrogens (tertiary/aromatic N) is 1. The van der Waals surface area contributed by atoms with E-state index in [4.69, 9.17) is 10.5 Å². The summed E-state index contributed by atoms with van der Waals surface area (Å²) >= 11 is 1.23. The summed E-state index contributed by atoms with van der Waals surface area (Å²) in [6.07, 6.45) is -0.158. The Balaban J connectivity index is 2.46. The quantitative estimate of drug-likeness (QED) is 0.539. The molecule has 1 atom stereocenters. The second-order valence-corrected chi connectivity index (χ2v) is 6.16. The normalized spacial score (nSPS) is 12.4. The predicted molar refractivity (Wildman–Crippen MR) is 84.7 cm³/mol. The average Bonchev–Trinajstić information content (AvgIpc) is 2.78. The number of thiazole rings is 1. The zero-order valence-electron chi connectivity index (χ0n) is 12.7. The molecule has 0 aromatic carbocycles. The number of ether oxygens (including phenoxy) is 1. The maximum Gasteiger partial charge on any atom is 0.265 e. The number of carbonyl (C=O) groups is 1. The van der Waals surface area contributed by atoms with Crippen molar-refractivity contribution >= 4 is 28.2 Å². The number of carbonyl (C=O) groups excluding carboxylic acids is 1. The minimum Gasteiger partial charge on any atom is -0.391 e. The Bertz CT molecular complexity index is 451. The number of hydrogen-bond acceptors (Lipinski definition) is 7. The van der Waals surface area contributed by atoms with Gasteiger partial charge in [0.2, 0.25) is 0 Å². The Kier molecular flexibility index (Phi) is 7.41. The lowest BCUT2D eigenvalue weighted by Crippen LogP contribution is -2.28. The molecule has 0 saturated heterocycles. The topological polar surface area (TPSA) is 110 Å². The van der Waals surface area contributed by atoms with Gasteiger partial charge >= 0.3 is 0 Å². The third-order valence-corrected chi connectivity index (χ3v) is 3.67. The van der Waals surface area contributed by atoms with E-state index in [1.807, 2.05) is 0 Å². The molecule has 5 N–H and O–H groups in total. The molecule has 1 unspecified atom stereocenters. The second kappa shape index (κ2) is 8.81. The lowest BCUT2D eigenvalue weighted by Gasteiger charge is -2.09. The van der Waals surface area contributed by atoms with Crippen molar-refractivity contribution in [2.45, 2.75) is 26.4 Å². The van der Waals surface area contributed by atoms with E-state index in [1.54, 1.807) is 0 Å². The summed E-state index contributed by atoms with van der Waals surface area (Å²) in [6.45, 7) is 5.56. The fraction of sp³-hybridized carbons (Fsp3) is 0.692. The van der Waals surface area contributed by atoms with Crippen molar-refractivity contribution in [3.63, 3.8) is 0 Å². The number of aromatic nitrogens is 1. The number of anilines is 2. The second-order valence-electron chi connectivity index (χ2n) is 5.16. The summed E-state index contributed by atoms with van der Waals surface area (Å²) in [5.74, 6) is 0.433. The van der Waals surface area contributed by atoms with Gasteiger partial charge in [0.15, 0.2) is 5.13 Å². The molecule has 7 nitrogen and oxygen atoms in total.